The maximum absolute atomic E-state index is 12.4. The first kappa shape index (κ1) is 16.2. The zero-order valence-corrected chi connectivity index (χ0v) is 12.8. The maximum Gasteiger partial charge on any atom is 0.387 e. The molecule has 2 rings (SSSR count). The third-order valence-corrected chi connectivity index (χ3v) is 4.58. The molecule has 3 unspecified atom stereocenters. The van der Waals surface area contributed by atoms with Crippen LogP contribution in [-0.4, -0.2) is 13.2 Å². The van der Waals surface area contributed by atoms with Gasteiger partial charge in [0.05, 0.1) is 0 Å². The molecule has 0 aliphatic heterocycles. The Balaban J connectivity index is 1.95. The molecule has 1 aliphatic carbocycles. The largest absolute Gasteiger partial charge is 0.434 e. The topological polar surface area (TPSA) is 21.3 Å². The number of para-hydroxylation sites is 1. The van der Waals surface area contributed by atoms with E-state index in [4.69, 9.17) is 0 Å². The fourth-order valence-electron chi connectivity index (χ4n) is 3.18. The van der Waals surface area contributed by atoms with E-state index >= 15 is 0 Å². The minimum atomic E-state index is -2.78. The number of hydrogen-bond acceptors (Lipinski definition) is 2. The second-order valence-electron chi connectivity index (χ2n) is 6.07. The van der Waals surface area contributed by atoms with Gasteiger partial charge in [0.15, 0.2) is 0 Å². The summed E-state index contributed by atoms with van der Waals surface area (Å²) in [5.74, 6) is 1.69. The number of rotatable bonds is 6. The molecule has 21 heavy (non-hydrogen) atoms. The van der Waals surface area contributed by atoms with Crippen molar-refractivity contribution in [2.75, 3.05) is 6.54 Å². The molecule has 1 aliphatic rings. The summed E-state index contributed by atoms with van der Waals surface area (Å²) in [4.78, 5) is 0. The molecule has 1 saturated carbocycles. The fraction of sp³-hybridized carbons (Fsp3) is 0.647. The highest BCUT2D eigenvalue weighted by Crippen LogP contribution is 2.30. The molecule has 0 heterocycles. The van der Waals surface area contributed by atoms with Gasteiger partial charge in [0.1, 0.15) is 5.75 Å². The number of alkyl halides is 2. The predicted octanol–water partition coefficient (Wildman–Crippen LogP) is 4.76. The van der Waals surface area contributed by atoms with E-state index in [1.807, 2.05) is 19.1 Å². The van der Waals surface area contributed by atoms with E-state index in [1.54, 1.807) is 12.1 Å². The van der Waals surface area contributed by atoms with Crippen molar-refractivity contribution < 1.29 is 13.5 Å². The van der Waals surface area contributed by atoms with Crippen LogP contribution in [0.4, 0.5) is 8.78 Å². The van der Waals surface area contributed by atoms with Crippen LogP contribution in [0.1, 0.15) is 51.1 Å². The van der Waals surface area contributed by atoms with E-state index in [0.717, 1.165) is 18.0 Å². The van der Waals surface area contributed by atoms with Crippen molar-refractivity contribution in [2.45, 2.75) is 52.2 Å². The van der Waals surface area contributed by atoms with E-state index in [-0.39, 0.29) is 11.8 Å². The SMILES string of the molecule is CC(NCC1CCCCC1C)c1ccccc1OC(F)F. The van der Waals surface area contributed by atoms with E-state index in [2.05, 4.69) is 17.0 Å². The third kappa shape index (κ3) is 4.67. The second-order valence-corrected chi connectivity index (χ2v) is 6.07. The van der Waals surface area contributed by atoms with Gasteiger partial charge in [-0.2, -0.15) is 8.78 Å². The molecule has 1 N–H and O–H groups in total. The van der Waals surface area contributed by atoms with Gasteiger partial charge >= 0.3 is 6.61 Å². The van der Waals surface area contributed by atoms with E-state index in [0.29, 0.717) is 5.92 Å². The molecule has 0 saturated heterocycles. The lowest BCUT2D eigenvalue weighted by Gasteiger charge is -2.30. The van der Waals surface area contributed by atoms with Crippen LogP contribution >= 0.6 is 0 Å². The van der Waals surface area contributed by atoms with Crippen LogP contribution in [-0.2, 0) is 0 Å². The number of halogens is 2. The summed E-state index contributed by atoms with van der Waals surface area (Å²) >= 11 is 0. The smallest absolute Gasteiger partial charge is 0.387 e. The van der Waals surface area contributed by atoms with E-state index in [9.17, 15) is 8.78 Å². The summed E-state index contributed by atoms with van der Waals surface area (Å²) < 4.78 is 29.5. The average molecular weight is 297 g/mol. The number of benzene rings is 1. The molecule has 1 aromatic rings. The highest BCUT2D eigenvalue weighted by Gasteiger charge is 2.22. The van der Waals surface area contributed by atoms with Gasteiger partial charge in [-0.05, 0) is 37.8 Å². The molecule has 4 heteroatoms. The molecular weight excluding hydrogens is 272 g/mol. The normalized spacial score (nSPS) is 24.0. The van der Waals surface area contributed by atoms with Crippen molar-refractivity contribution in [2.24, 2.45) is 11.8 Å². The van der Waals surface area contributed by atoms with E-state index < -0.39 is 6.61 Å². The first-order chi connectivity index (χ1) is 10.1. The lowest BCUT2D eigenvalue weighted by molar-refractivity contribution is -0.0506. The average Bonchev–Trinajstić information content (AvgIpc) is 2.46. The Kier molecular flexibility index (Phi) is 5.97. The Labute approximate surface area is 125 Å². The molecule has 2 nitrogen and oxygen atoms in total. The van der Waals surface area contributed by atoms with Gasteiger partial charge in [-0.1, -0.05) is 44.4 Å². The molecule has 1 aromatic carbocycles. The molecule has 0 amide bonds. The Hall–Kier alpha value is -1.16. The molecular formula is C17H25F2NO. The van der Waals surface area contributed by atoms with Gasteiger partial charge in [0.2, 0.25) is 0 Å². The van der Waals surface area contributed by atoms with Crippen LogP contribution in [0.3, 0.4) is 0 Å². The summed E-state index contributed by atoms with van der Waals surface area (Å²) in [5.41, 5.74) is 0.793. The van der Waals surface area contributed by atoms with Gasteiger partial charge in [0.25, 0.3) is 0 Å². The number of hydrogen-bond donors (Lipinski definition) is 1. The van der Waals surface area contributed by atoms with Crippen molar-refractivity contribution in [1.29, 1.82) is 0 Å². The zero-order chi connectivity index (χ0) is 15.2. The van der Waals surface area contributed by atoms with Gasteiger partial charge in [-0.15, -0.1) is 0 Å². The summed E-state index contributed by atoms with van der Waals surface area (Å²) in [6, 6.07) is 7.03. The van der Waals surface area contributed by atoms with Crippen LogP contribution in [0.25, 0.3) is 0 Å². The quantitative estimate of drug-likeness (QED) is 0.817. The molecule has 118 valence electrons. The summed E-state index contributed by atoms with van der Waals surface area (Å²) in [6.45, 7) is 2.47. The first-order valence-electron chi connectivity index (χ1n) is 7.85. The molecule has 1 fully saturated rings. The van der Waals surface area contributed by atoms with Crippen molar-refractivity contribution in [3.8, 4) is 5.75 Å². The maximum atomic E-state index is 12.4. The van der Waals surface area contributed by atoms with Crippen molar-refractivity contribution in [3.63, 3.8) is 0 Å². The van der Waals surface area contributed by atoms with Crippen LogP contribution in [0, 0.1) is 11.8 Å². The van der Waals surface area contributed by atoms with Crippen LogP contribution in [0.5, 0.6) is 5.75 Å². The Morgan fingerprint density at radius 2 is 1.95 bits per heavy atom. The van der Waals surface area contributed by atoms with Crippen LogP contribution in [0.2, 0.25) is 0 Å². The van der Waals surface area contributed by atoms with Crippen molar-refractivity contribution in [3.05, 3.63) is 29.8 Å². The third-order valence-electron chi connectivity index (χ3n) is 4.58. The van der Waals surface area contributed by atoms with Gasteiger partial charge in [-0.25, -0.2) is 0 Å². The minimum Gasteiger partial charge on any atom is -0.434 e. The standard InChI is InChI=1S/C17H25F2NO/c1-12-7-3-4-8-14(12)11-20-13(2)15-9-5-6-10-16(15)21-17(18)19/h5-6,9-10,12-14,17,20H,3-4,7-8,11H2,1-2H3. The Morgan fingerprint density at radius 3 is 2.67 bits per heavy atom. The highest BCUT2D eigenvalue weighted by atomic mass is 19.3. The summed E-state index contributed by atoms with van der Waals surface area (Å²) in [6.07, 6.45) is 5.19. The molecule has 0 aromatic heterocycles. The Bertz CT molecular complexity index is 439. The lowest BCUT2D eigenvalue weighted by atomic mass is 9.80. The van der Waals surface area contributed by atoms with Crippen LogP contribution in [0.15, 0.2) is 24.3 Å². The van der Waals surface area contributed by atoms with Crippen molar-refractivity contribution >= 4 is 0 Å². The molecule has 3 atom stereocenters. The predicted molar refractivity (Wildman–Crippen MR) is 80.6 cm³/mol. The second kappa shape index (κ2) is 7.74. The first-order valence-corrected chi connectivity index (χ1v) is 7.85. The number of nitrogens with one attached hydrogen (secondary N) is 1. The minimum absolute atomic E-state index is 0.00840. The van der Waals surface area contributed by atoms with Gasteiger partial charge in [-0.3, -0.25) is 0 Å². The highest BCUT2D eigenvalue weighted by molar-refractivity contribution is 5.35. The Morgan fingerprint density at radius 1 is 1.24 bits per heavy atom. The van der Waals surface area contributed by atoms with Gasteiger partial charge < -0.3 is 10.1 Å². The fourth-order valence-corrected chi connectivity index (χ4v) is 3.18. The lowest BCUT2D eigenvalue weighted by Crippen LogP contribution is -2.31. The number of ether oxygens (including phenoxy) is 1. The monoisotopic (exact) mass is 297 g/mol. The molecule has 0 bridgehead atoms. The van der Waals surface area contributed by atoms with E-state index in [1.165, 1.54) is 25.7 Å². The summed E-state index contributed by atoms with van der Waals surface area (Å²) in [7, 11) is 0. The van der Waals surface area contributed by atoms with Gasteiger partial charge in [0, 0.05) is 11.6 Å². The molecule has 0 spiro atoms. The van der Waals surface area contributed by atoms with Crippen molar-refractivity contribution in [1.82, 2.24) is 5.32 Å². The summed E-state index contributed by atoms with van der Waals surface area (Å²) in [5, 5.41) is 3.49. The van der Waals surface area contributed by atoms with Crippen LogP contribution < -0.4 is 10.1 Å². The zero-order valence-electron chi connectivity index (χ0n) is 12.8. The molecule has 0 radical (unpaired) electrons.